The molecule has 0 atom stereocenters. The molecule has 1 radical (unpaired) electrons. The largest absolute Gasteiger partial charge is 0.253 e. The first-order valence-electron chi connectivity index (χ1n) is 3.51. The predicted molar refractivity (Wildman–Crippen MR) is 50.4 cm³/mol. The van der Waals surface area contributed by atoms with Crippen molar-refractivity contribution in [1.29, 1.82) is 0 Å². The van der Waals surface area contributed by atoms with Gasteiger partial charge < -0.3 is 0 Å². The molecule has 0 fully saturated rings. The van der Waals surface area contributed by atoms with E-state index in [1.54, 1.807) is 4.13 Å². The van der Waals surface area contributed by atoms with Crippen molar-refractivity contribution in [3.8, 4) is 0 Å². The van der Waals surface area contributed by atoms with E-state index in [0.717, 1.165) is 6.26 Å². The van der Waals surface area contributed by atoms with Gasteiger partial charge in [-0.15, -0.1) is 4.13 Å². The minimum Gasteiger partial charge on any atom is -0.212 e. The second kappa shape index (κ2) is 3.68. The molecule has 0 saturated carbocycles. The summed E-state index contributed by atoms with van der Waals surface area (Å²) < 4.78 is 45.7. The highest BCUT2D eigenvalue weighted by Crippen LogP contribution is 2.07. The molecule has 1 aromatic carbocycles. The number of nitrogens with one attached hydrogen (secondary N) is 1. The standard InChI is InChI=1S/C7H8NO4S2/c1-13(9,10)8-14(11,12)7-5-3-2-4-6-7/h3-6,8H,1H3. The third kappa shape index (κ3) is 3.09. The Hall–Kier alpha value is -0.920. The molecule has 0 aromatic heterocycles. The van der Waals surface area contributed by atoms with Gasteiger partial charge in [0.2, 0.25) is 10.0 Å². The lowest BCUT2D eigenvalue weighted by Crippen LogP contribution is -2.29. The summed E-state index contributed by atoms with van der Waals surface area (Å²) in [6.45, 7) is 0. The Morgan fingerprint density at radius 3 is 2.07 bits per heavy atom. The Labute approximate surface area is 82.9 Å². The zero-order valence-corrected chi connectivity index (χ0v) is 8.89. The van der Waals surface area contributed by atoms with Crippen molar-refractivity contribution >= 4 is 20.0 Å². The zero-order valence-electron chi connectivity index (χ0n) is 7.26. The molecule has 0 aliphatic rings. The first-order valence-corrected chi connectivity index (χ1v) is 6.88. The van der Waals surface area contributed by atoms with Crippen LogP contribution in [0.25, 0.3) is 0 Å². The first kappa shape index (κ1) is 11.2. The second-order valence-electron chi connectivity index (χ2n) is 2.59. The number of benzene rings is 1. The van der Waals surface area contributed by atoms with Crippen LogP contribution in [0.15, 0.2) is 29.2 Å². The molecule has 1 aromatic rings. The fraction of sp³-hybridized carbons (Fsp3) is 0.143. The summed E-state index contributed by atoms with van der Waals surface area (Å²) in [5, 5.41) is 0. The molecule has 0 aliphatic carbocycles. The molecule has 0 amide bonds. The summed E-state index contributed by atoms with van der Waals surface area (Å²) in [4.78, 5) is -0.110. The van der Waals surface area contributed by atoms with Gasteiger partial charge in [0.1, 0.15) is 0 Å². The maximum absolute atomic E-state index is 11.3. The zero-order chi connectivity index (χ0) is 10.8. The van der Waals surface area contributed by atoms with Crippen molar-refractivity contribution in [2.75, 3.05) is 6.26 Å². The molecule has 0 saturated heterocycles. The molecule has 1 rings (SSSR count). The highest BCUT2D eigenvalue weighted by molar-refractivity contribution is 8.04. The van der Waals surface area contributed by atoms with Crippen molar-refractivity contribution in [1.82, 2.24) is 4.13 Å². The third-order valence-electron chi connectivity index (χ3n) is 1.26. The molecule has 0 spiro atoms. The van der Waals surface area contributed by atoms with Crippen LogP contribution in [0.1, 0.15) is 0 Å². The number of hydrogen-bond acceptors (Lipinski definition) is 4. The normalized spacial score (nSPS) is 12.6. The minimum absolute atomic E-state index is 0.110. The predicted octanol–water partition coefficient (Wildman–Crippen LogP) is -0.275. The summed E-state index contributed by atoms with van der Waals surface area (Å²) >= 11 is 0. The Balaban J connectivity index is 3.12. The Kier molecular flexibility index (Phi) is 2.93. The van der Waals surface area contributed by atoms with Crippen LogP contribution in [-0.2, 0) is 20.0 Å². The molecule has 5 nitrogen and oxygen atoms in total. The SMILES string of the molecule is CS(=O)(=O)NS(=O)(=O)c1cc[c]cc1. The van der Waals surface area contributed by atoms with Gasteiger partial charge in [-0.3, -0.25) is 0 Å². The van der Waals surface area contributed by atoms with Gasteiger partial charge in [0, 0.05) is 0 Å². The van der Waals surface area contributed by atoms with Gasteiger partial charge in [-0.2, -0.15) is 0 Å². The van der Waals surface area contributed by atoms with E-state index in [1.165, 1.54) is 24.3 Å². The Bertz CT molecular complexity index is 504. The van der Waals surface area contributed by atoms with Crippen molar-refractivity contribution in [3.63, 3.8) is 0 Å². The fourth-order valence-corrected chi connectivity index (χ4v) is 3.27. The van der Waals surface area contributed by atoms with Crippen LogP contribution in [0.5, 0.6) is 0 Å². The van der Waals surface area contributed by atoms with Gasteiger partial charge in [-0.1, -0.05) is 12.1 Å². The van der Waals surface area contributed by atoms with Gasteiger partial charge >= 0.3 is 0 Å². The minimum atomic E-state index is -3.98. The van der Waals surface area contributed by atoms with E-state index in [4.69, 9.17) is 0 Å². The average Bonchev–Trinajstić information content (AvgIpc) is 2.01. The summed E-state index contributed by atoms with van der Waals surface area (Å²) in [5.41, 5.74) is 0. The van der Waals surface area contributed by atoms with Gasteiger partial charge in [0.05, 0.1) is 11.2 Å². The molecular weight excluding hydrogens is 226 g/mol. The highest BCUT2D eigenvalue weighted by atomic mass is 32.3. The van der Waals surface area contributed by atoms with Gasteiger partial charge in [0.15, 0.2) is 0 Å². The van der Waals surface area contributed by atoms with Crippen LogP contribution in [0, 0.1) is 6.07 Å². The molecule has 7 heteroatoms. The van der Waals surface area contributed by atoms with Crippen LogP contribution in [0.3, 0.4) is 0 Å². The lowest BCUT2D eigenvalue weighted by atomic mass is 10.4. The Morgan fingerprint density at radius 1 is 1.14 bits per heavy atom. The molecule has 1 N–H and O–H groups in total. The van der Waals surface area contributed by atoms with Crippen LogP contribution in [0.2, 0.25) is 0 Å². The second-order valence-corrected chi connectivity index (χ2v) is 6.28. The number of hydrogen-bond donors (Lipinski definition) is 1. The summed E-state index contributed by atoms with van der Waals surface area (Å²) in [6.07, 6.45) is 0.777. The third-order valence-corrected chi connectivity index (χ3v) is 4.24. The van der Waals surface area contributed by atoms with Crippen LogP contribution in [-0.4, -0.2) is 23.1 Å². The van der Waals surface area contributed by atoms with Gasteiger partial charge in [-0.05, 0) is 18.2 Å². The lowest BCUT2D eigenvalue weighted by Gasteiger charge is -2.03. The monoisotopic (exact) mass is 234 g/mol. The van der Waals surface area contributed by atoms with E-state index >= 15 is 0 Å². The lowest BCUT2D eigenvalue weighted by molar-refractivity contribution is 0.580. The topological polar surface area (TPSA) is 80.3 Å². The van der Waals surface area contributed by atoms with E-state index in [2.05, 4.69) is 6.07 Å². The smallest absolute Gasteiger partial charge is 0.212 e. The molecule has 0 aliphatic heterocycles. The Morgan fingerprint density at radius 2 is 1.64 bits per heavy atom. The molecule has 0 unspecified atom stereocenters. The summed E-state index contributed by atoms with van der Waals surface area (Å²) in [6, 6.07) is 7.91. The van der Waals surface area contributed by atoms with Crippen molar-refractivity contribution < 1.29 is 16.8 Å². The fourth-order valence-electron chi connectivity index (χ4n) is 0.798. The maximum Gasteiger partial charge on any atom is 0.253 e. The molecule has 0 heterocycles. The summed E-state index contributed by atoms with van der Waals surface area (Å²) in [5.74, 6) is 0. The van der Waals surface area contributed by atoms with Crippen LogP contribution in [0.4, 0.5) is 0 Å². The van der Waals surface area contributed by atoms with Gasteiger partial charge in [0.25, 0.3) is 10.0 Å². The van der Waals surface area contributed by atoms with E-state index in [1.807, 2.05) is 0 Å². The van der Waals surface area contributed by atoms with E-state index < -0.39 is 20.0 Å². The highest BCUT2D eigenvalue weighted by Gasteiger charge is 2.18. The molecule has 77 valence electrons. The number of sulfonamides is 2. The van der Waals surface area contributed by atoms with Crippen LogP contribution >= 0.6 is 0 Å². The van der Waals surface area contributed by atoms with Crippen molar-refractivity contribution in [3.05, 3.63) is 30.3 Å². The van der Waals surface area contributed by atoms with E-state index in [9.17, 15) is 16.8 Å². The van der Waals surface area contributed by atoms with E-state index in [-0.39, 0.29) is 4.90 Å². The summed E-state index contributed by atoms with van der Waals surface area (Å²) in [7, 11) is -7.75. The first-order chi connectivity index (χ1) is 6.31. The maximum atomic E-state index is 11.3. The van der Waals surface area contributed by atoms with E-state index in [0.29, 0.717) is 0 Å². The quantitative estimate of drug-likeness (QED) is 0.780. The van der Waals surface area contributed by atoms with Crippen molar-refractivity contribution in [2.45, 2.75) is 4.90 Å². The molecule has 0 bridgehead atoms. The molecular formula is C7H8NO4S2. The van der Waals surface area contributed by atoms with Crippen molar-refractivity contribution in [2.24, 2.45) is 0 Å². The number of rotatable bonds is 3. The molecule has 14 heavy (non-hydrogen) atoms. The van der Waals surface area contributed by atoms with Crippen LogP contribution < -0.4 is 4.13 Å². The average molecular weight is 234 g/mol. The van der Waals surface area contributed by atoms with Gasteiger partial charge in [-0.25, -0.2) is 16.8 Å².